The average molecular weight is 478 g/mol. The van der Waals surface area contributed by atoms with E-state index in [1.54, 1.807) is 18.4 Å². The first-order chi connectivity index (χ1) is 15.6. The van der Waals surface area contributed by atoms with E-state index in [0.717, 1.165) is 5.69 Å². The minimum atomic E-state index is -4.16. The zero-order chi connectivity index (χ0) is 23.4. The zero-order valence-corrected chi connectivity index (χ0v) is 18.6. The van der Waals surface area contributed by atoms with Crippen LogP contribution >= 0.6 is 0 Å². The third kappa shape index (κ3) is 4.36. The Bertz CT molecular complexity index is 1280. The number of nitrogens with zero attached hydrogens (tertiary/aromatic N) is 4. The van der Waals surface area contributed by atoms with Crippen LogP contribution in [-0.2, 0) is 28.7 Å². The van der Waals surface area contributed by atoms with Crippen molar-refractivity contribution in [2.75, 3.05) is 17.7 Å². The molecule has 3 aromatic rings. The molecule has 0 radical (unpaired) electrons. The predicted molar refractivity (Wildman–Crippen MR) is 116 cm³/mol. The number of para-hydroxylation sites is 1. The van der Waals surface area contributed by atoms with Crippen molar-refractivity contribution in [3.63, 3.8) is 0 Å². The van der Waals surface area contributed by atoms with E-state index in [1.807, 2.05) is 30.3 Å². The fourth-order valence-electron chi connectivity index (χ4n) is 4.01. The van der Waals surface area contributed by atoms with Crippen molar-refractivity contribution < 1.29 is 26.8 Å². The van der Waals surface area contributed by atoms with E-state index in [1.165, 1.54) is 6.33 Å². The molecule has 0 spiro atoms. The minimum absolute atomic E-state index is 0.185. The number of rotatable bonds is 6. The molecular weight excluding hydrogens is 454 g/mol. The lowest BCUT2D eigenvalue weighted by molar-refractivity contribution is -0.198. The summed E-state index contributed by atoms with van der Waals surface area (Å²) in [7, 11) is -4.16. The number of anilines is 3. The van der Waals surface area contributed by atoms with Crippen LogP contribution < -0.4 is 16.2 Å². The number of aromatic nitrogens is 4. The largest absolute Gasteiger partial charge is 0.382 e. The Balaban J connectivity index is 1.49. The third-order valence-electron chi connectivity index (χ3n) is 5.27. The lowest BCUT2D eigenvalue weighted by Crippen LogP contribution is -2.34. The van der Waals surface area contributed by atoms with Crippen LogP contribution in [0.25, 0.3) is 11.2 Å². The third-order valence-corrected chi connectivity index (χ3v) is 5.74. The summed E-state index contributed by atoms with van der Waals surface area (Å²) in [5, 5.41) is 8.08. The van der Waals surface area contributed by atoms with E-state index in [0.29, 0.717) is 11.2 Å². The molecule has 5 N–H and O–H groups in total. The molecule has 2 aromatic heterocycles. The van der Waals surface area contributed by atoms with Crippen molar-refractivity contribution >= 4 is 38.9 Å². The van der Waals surface area contributed by atoms with Crippen LogP contribution in [0.1, 0.15) is 20.1 Å². The lowest BCUT2D eigenvalue weighted by Gasteiger charge is -2.24. The number of nitrogen functional groups attached to an aromatic ring is 1. The Morgan fingerprint density at radius 2 is 1.91 bits per heavy atom. The number of benzene rings is 1. The number of ether oxygens (including phenoxy) is 3. The SMILES string of the molecule is CC1(C)O[C@@H]2[C@H](O1)[C@@H](COS(N)(=O)=O)O[C@H]2n1cnc2c(N)nc(Nc3ccccc3)nc21. The van der Waals surface area contributed by atoms with E-state index >= 15 is 0 Å². The molecule has 4 heterocycles. The first-order valence-electron chi connectivity index (χ1n) is 10.1. The van der Waals surface area contributed by atoms with Crippen LogP contribution in [0.2, 0.25) is 0 Å². The van der Waals surface area contributed by atoms with E-state index in [4.69, 9.17) is 29.3 Å². The summed E-state index contributed by atoms with van der Waals surface area (Å²) in [5.41, 5.74) is 7.71. The Labute approximate surface area is 189 Å². The van der Waals surface area contributed by atoms with Crippen molar-refractivity contribution in [2.45, 2.75) is 44.2 Å². The fourth-order valence-corrected chi connectivity index (χ4v) is 4.33. The molecule has 176 valence electrons. The molecule has 13 nitrogen and oxygen atoms in total. The van der Waals surface area contributed by atoms with Crippen LogP contribution in [0.3, 0.4) is 0 Å². The first-order valence-corrected chi connectivity index (χ1v) is 11.6. The summed E-state index contributed by atoms with van der Waals surface area (Å²) in [6, 6.07) is 9.39. The normalized spacial score (nSPS) is 26.5. The molecule has 33 heavy (non-hydrogen) atoms. The summed E-state index contributed by atoms with van der Waals surface area (Å²) < 4.78 is 47.1. The second-order valence-electron chi connectivity index (χ2n) is 8.15. The molecule has 1 aromatic carbocycles. The zero-order valence-electron chi connectivity index (χ0n) is 17.8. The van der Waals surface area contributed by atoms with Gasteiger partial charge < -0.3 is 25.3 Å². The summed E-state index contributed by atoms with van der Waals surface area (Å²) >= 11 is 0. The minimum Gasteiger partial charge on any atom is -0.382 e. The van der Waals surface area contributed by atoms with Gasteiger partial charge in [0.2, 0.25) is 5.95 Å². The quantitative estimate of drug-likeness (QED) is 0.457. The maximum atomic E-state index is 11.3. The highest BCUT2D eigenvalue weighted by Crippen LogP contribution is 2.44. The van der Waals surface area contributed by atoms with Crippen molar-refractivity contribution in [1.82, 2.24) is 19.5 Å². The molecular formula is C19H23N7O6S. The van der Waals surface area contributed by atoms with E-state index < -0.39 is 40.6 Å². The van der Waals surface area contributed by atoms with Crippen molar-refractivity contribution in [2.24, 2.45) is 5.14 Å². The molecule has 2 aliphatic heterocycles. The van der Waals surface area contributed by atoms with Crippen LogP contribution in [0.15, 0.2) is 36.7 Å². The highest BCUT2D eigenvalue weighted by atomic mass is 32.2. The monoisotopic (exact) mass is 477 g/mol. The Morgan fingerprint density at radius 3 is 2.64 bits per heavy atom. The smallest absolute Gasteiger partial charge is 0.333 e. The number of hydrogen-bond donors (Lipinski definition) is 3. The second-order valence-corrected chi connectivity index (χ2v) is 9.38. The van der Waals surface area contributed by atoms with Crippen LogP contribution in [0.5, 0.6) is 0 Å². The molecule has 0 amide bonds. The average Bonchev–Trinajstić information content (AvgIpc) is 3.38. The van der Waals surface area contributed by atoms with Gasteiger partial charge in [-0.15, -0.1) is 0 Å². The molecule has 0 unspecified atom stereocenters. The maximum absolute atomic E-state index is 11.3. The van der Waals surface area contributed by atoms with Crippen LogP contribution in [-0.4, -0.2) is 58.6 Å². The standard InChI is InChI=1S/C19H23N7O6S/c1-19(2)31-13-11(8-29-33(21,27)28)30-17(14(13)32-19)26-9-22-12-15(20)24-18(25-16(12)26)23-10-6-4-3-5-7-10/h3-7,9,11,13-14,17H,8H2,1-2H3,(H2,21,27,28)(H3,20,23,24,25)/t11-,13-,14-,17-/m1/s1. The second kappa shape index (κ2) is 7.86. The molecule has 5 rings (SSSR count). The summed E-state index contributed by atoms with van der Waals surface area (Å²) in [4.78, 5) is 13.2. The Morgan fingerprint density at radius 1 is 1.18 bits per heavy atom. The van der Waals surface area contributed by atoms with Gasteiger partial charge in [0, 0.05) is 5.69 Å². The van der Waals surface area contributed by atoms with E-state index in [-0.39, 0.29) is 18.4 Å². The fraction of sp³-hybridized carbons (Fsp3) is 0.421. The summed E-state index contributed by atoms with van der Waals surface area (Å²) in [6.07, 6.45) is -1.19. The number of imidazole rings is 1. The summed E-state index contributed by atoms with van der Waals surface area (Å²) in [6.45, 7) is 3.18. The highest BCUT2D eigenvalue weighted by molar-refractivity contribution is 7.84. The first kappa shape index (κ1) is 21.9. The van der Waals surface area contributed by atoms with Gasteiger partial charge in [-0.1, -0.05) is 18.2 Å². The molecule has 2 saturated heterocycles. The molecule has 2 aliphatic rings. The predicted octanol–water partition coefficient (Wildman–Crippen LogP) is 0.790. The van der Waals surface area contributed by atoms with Crippen LogP contribution in [0, 0.1) is 0 Å². The Hall–Kier alpha value is -2.88. The Kier molecular flexibility index (Phi) is 5.23. The van der Waals surface area contributed by atoms with Crippen molar-refractivity contribution in [1.29, 1.82) is 0 Å². The molecule has 0 aliphatic carbocycles. The lowest BCUT2D eigenvalue weighted by atomic mass is 10.1. The number of nitrogens with one attached hydrogen (secondary N) is 1. The van der Waals surface area contributed by atoms with Gasteiger partial charge in [-0.05, 0) is 26.0 Å². The number of fused-ring (bicyclic) bond motifs is 2. The van der Waals surface area contributed by atoms with Crippen LogP contribution in [0.4, 0.5) is 17.5 Å². The highest BCUT2D eigenvalue weighted by Gasteiger charge is 2.56. The molecule has 14 heteroatoms. The van der Waals surface area contributed by atoms with Gasteiger partial charge in [0.05, 0.1) is 12.9 Å². The van der Waals surface area contributed by atoms with Crippen molar-refractivity contribution in [3.8, 4) is 0 Å². The number of nitrogens with two attached hydrogens (primary N) is 2. The summed E-state index contributed by atoms with van der Waals surface area (Å²) in [5.74, 6) is -0.452. The molecule has 4 atom stereocenters. The van der Waals surface area contributed by atoms with Gasteiger partial charge in [0.15, 0.2) is 23.5 Å². The topological polar surface area (TPSA) is 179 Å². The van der Waals surface area contributed by atoms with E-state index in [9.17, 15) is 8.42 Å². The van der Waals surface area contributed by atoms with E-state index in [2.05, 4.69) is 20.3 Å². The van der Waals surface area contributed by atoms with Gasteiger partial charge >= 0.3 is 10.3 Å². The van der Waals surface area contributed by atoms with Gasteiger partial charge in [-0.2, -0.15) is 18.4 Å². The maximum Gasteiger partial charge on any atom is 0.333 e. The van der Waals surface area contributed by atoms with Gasteiger partial charge in [0.1, 0.15) is 23.8 Å². The number of hydrogen-bond acceptors (Lipinski definition) is 11. The van der Waals surface area contributed by atoms with Gasteiger partial charge in [0.25, 0.3) is 0 Å². The van der Waals surface area contributed by atoms with Gasteiger partial charge in [-0.25, -0.2) is 10.1 Å². The van der Waals surface area contributed by atoms with Crippen molar-refractivity contribution in [3.05, 3.63) is 36.7 Å². The molecule has 0 saturated carbocycles. The van der Waals surface area contributed by atoms with Gasteiger partial charge in [-0.3, -0.25) is 8.75 Å². The molecule has 2 fully saturated rings. The molecule has 0 bridgehead atoms.